The van der Waals surface area contributed by atoms with Gasteiger partial charge in [0.2, 0.25) is 0 Å². The predicted octanol–water partition coefficient (Wildman–Crippen LogP) is 5.77. The number of likely N-dealkylation sites (tertiary alicyclic amines) is 2. The Kier molecular flexibility index (Phi) is 10.2. The molecule has 240 valence electrons. The highest BCUT2D eigenvalue weighted by atomic mass is 35.5. The van der Waals surface area contributed by atoms with Crippen LogP contribution in [0.3, 0.4) is 0 Å². The number of hydrogen-bond acceptors (Lipinski definition) is 5. The molecule has 0 bridgehead atoms. The number of nitrogens with one attached hydrogen (secondary N) is 2. The van der Waals surface area contributed by atoms with Gasteiger partial charge < -0.3 is 24.8 Å². The maximum atomic E-state index is 13.9. The van der Waals surface area contributed by atoms with Crippen molar-refractivity contribution >= 4 is 35.2 Å². The van der Waals surface area contributed by atoms with Crippen LogP contribution < -0.4 is 11.0 Å². The first kappa shape index (κ1) is 31.7. The molecule has 9 nitrogen and oxygen atoms in total. The van der Waals surface area contributed by atoms with Crippen molar-refractivity contribution in [3.05, 3.63) is 80.8 Å². The molecule has 45 heavy (non-hydrogen) atoms. The van der Waals surface area contributed by atoms with Gasteiger partial charge in [-0.3, -0.25) is 9.36 Å². The first-order valence-corrected chi connectivity index (χ1v) is 16.9. The summed E-state index contributed by atoms with van der Waals surface area (Å²) in [7, 11) is 0. The van der Waals surface area contributed by atoms with Crippen molar-refractivity contribution in [2.24, 2.45) is 11.8 Å². The van der Waals surface area contributed by atoms with Crippen LogP contribution in [0.4, 0.5) is 4.79 Å². The molecule has 0 aliphatic carbocycles. The summed E-state index contributed by atoms with van der Waals surface area (Å²) in [6, 6.07) is 14.9. The lowest BCUT2D eigenvalue weighted by Crippen LogP contribution is -2.49. The maximum absolute atomic E-state index is 13.9. The van der Waals surface area contributed by atoms with E-state index in [0.717, 1.165) is 42.8 Å². The molecule has 4 heterocycles. The third kappa shape index (κ3) is 7.59. The van der Waals surface area contributed by atoms with Crippen LogP contribution in [0, 0.1) is 11.8 Å². The van der Waals surface area contributed by atoms with E-state index in [-0.39, 0.29) is 24.1 Å². The number of hydrogen-bond donors (Lipinski definition) is 2. The lowest BCUT2D eigenvalue weighted by Gasteiger charge is -2.39. The Morgan fingerprint density at radius 3 is 2.20 bits per heavy atom. The number of nitrogens with zero attached hydrogens (tertiary/aromatic N) is 3. The molecule has 6 rings (SSSR count). The Hall–Kier alpha value is -3.27. The standard InChI is InChI=1S/C34H41Cl2N5O4/c35-28-7-6-23(20-29(28)36)21-31(32(42)39-16-10-25(11-17-39)24-8-14-37-15-9-24)45-34(44)40-18-12-27(13-19-40)41-22-30(38-33(41)43)26-4-2-1-3-5-26/h1-7,20,22,24-25,27,31,37H,8-19,21H2,(H,38,43)/t31-/m1/s1. The molecular weight excluding hydrogens is 613 g/mol. The van der Waals surface area contributed by atoms with Crippen molar-refractivity contribution in [1.82, 2.24) is 24.7 Å². The van der Waals surface area contributed by atoms with E-state index in [1.165, 1.54) is 12.8 Å². The third-order valence-electron chi connectivity index (χ3n) is 9.77. The largest absolute Gasteiger partial charge is 0.436 e. The molecule has 11 heteroatoms. The molecule has 2 amide bonds. The van der Waals surface area contributed by atoms with Crippen LogP contribution in [0.25, 0.3) is 11.3 Å². The van der Waals surface area contributed by atoms with Gasteiger partial charge in [-0.05, 0) is 86.7 Å². The summed E-state index contributed by atoms with van der Waals surface area (Å²) in [5, 5.41) is 4.27. The number of ether oxygens (including phenoxy) is 1. The Morgan fingerprint density at radius 2 is 1.51 bits per heavy atom. The zero-order chi connectivity index (χ0) is 31.3. The third-order valence-corrected chi connectivity index (χ3v) is 10.5. The van der Waals surface area contributed by atoms with Crippen molar-refractivity contribution in [2.75, 3.05) is 39.3 Å². The Morgan fingerprint density at radius 1 is 0.844 bits per heavy atom. The number of aromatic nitrogens is 2. The van der Waals surface area contributed by atoms with E-state index >= 15 is 0 Å². The fourth-order valence-corrected chi connectivity index (χ4v) is 7.46. The molecule has 3 aliphatic heterocycles. The molecule has 0 unspecified atom stereocenters. The molecule has 1 aromatic heterocycles. The average Bonchev–Trinajstić information content (AvgIpc) is 3.48. The van der Waals surface area contributed by atoms with E-state index in [1.54, 1.807) is 21.6 Å². The quantitative estimate of drug-likeness (QED) is 0.337. The van der Waals surface area contributed by atoms with Crippen LogP contribution in [0.2, 0.25) is 10.0 Å². The molecule has 3 aliphatic rings. The van der Waals surface area contributed by atoms with E-state index in [4.69, 9.17) is 27.9 Å². The first-order valence-electron chi connectivity index (χ1n) is 16.1. The van der Waals surface area contributed by atoms with E-state index < -0.39 is 12.2 Å². The van der Waals surface area contributed by atoms with Gasteiger partial charge in [-0.1, -0.05) is 59.6 Å². The van der Waals surface area contributed by atoms with E-state index in [0.29, 0.717) is 60.9 Å². The summed E-state index contributed by atoms with van der Waals surface area (Å²) in [5.74, 6) is 1.17. The molecule has 2 N–H and O–H groups in total. The highest BCUT2D eigenvalue weighted by molar-refractivity contribution is 6.42. The molecule has 3 saturated heterocycles. The van der Waals surface area contributed by atoms with E-state index in [1.807, 2.05) is 47.5 Å². The number of carbonyl (C=O) groups excluding carboxylic acids is 2. The predicted molar refractivity (Wildman–Crippen MR) is 176 cm³/mol. The van der Waals surface area contributed by atoms with Gasteiger partial charge in [0, 0.05) is 44.8 Å². The number of benzene rings is 2. The molecule has 2 aromatic carbocycles. The van der Waals surface area contributed by atoms with Crippen LogP contribution in [-0.2, 0) is 16.0 Å². The first-order chi connectivity index (χ1) is 21.9. The number of rotatable bonds is 7. The fraction of sp³-hybridized carbons (Fsp3) is 0.500. The zero-order valence-electron chi connectivity index (χ0n) is 25.4. The molecular formula is C34H41Cl2N5O4. The monoisotopic (exact) mass is 653 g/mol. The minimum Gasteiger partial charge on any atom is -0.436 e. The smallest absolute Gasteiger partial charge is 0.410 e. The summed E-state index contributed by atoms with van der Waals surface area (Å²) in [6.45, 7) is 4.34. The highest BCUT2D eigenvalue weighted by Crippen LogP contribution is 2.32. The van der Waals surface area contributed by atoms with Crippen molar-refractivity contribution in [2.45, 2.75) is 57.1 Å². The SMILES string of the molecule is O=C(O[C@H](Cc1ccc(Cl)c(Cl)c1)C(=O)N1CCC(C2CCNCC2)CC1)N1CCC(n2cc(-c3ccccc3)[nH]c2=O)CC1. The number of H-pyrrole nitrogens is 1. The fourth-order valence-electron chi connectivity index (χ4n) is 7.14. The van der Waals surface area contributed by atoms with Crippen LogP contribution in [0.1, 0.15) is 50.1 Å². The second-order valence-electron chi connectivity index (χ2n) is 12.5. The van der Waals surface area contributed by atoms with Gasteiger partial charge in [0.1, 0.15) is 0 Å². The lowest BCUT2D eigenvalue weighted by atomic mass is 9.79. The topological polar surface area (TPSA) is 99.7 Å². The molecule has 0 saturated carbocycles. The summed E-state index contributed by atoms with van der Waals surface area (Å²) in [4.78, 5) is 46.6. The Balaban J connectivity index is 1.09. The highest BCUT2D eigenvalue weighted by Gasteiger charge is 2.35. The van der Waals surface area contributed by atoms with E-state index in [2.05, 4.69) is 10.3 Å². The van der Waals surface area contributed by atoms with Gasteiger partial charge in [0.15, 0.2) is 6.10 Å². The maximum Gasteiger partial charge on any atom is 0.410 e. The second kappa shape index (κ2) is 14.4. The molecule has 3 fully saturated rings. The van der Waals surface area contributed by atoms with Crippen LogP contribution in [0.15, 0.2) is 59.5 Å². The average molecular weight is 655 g/mol. The van der Waals surface area contributed by atoms with Crippen molar-refractivity contribution in [1.29, 1.82) is 0 Å². The second-order valence-corrected chi connectivity index (χ2v) is 13.4. The summed E-state index contributed by atoms with van der Waals surface area (Å²) in [5.41, 5.74) is 2.33. The molecule has 3 aromatic rings. The minimum atomic E-state index is -0.969. The van der Waals surface area contributed by atoms with Gasteiger partial charge in [-0.15, -0.1) is 0 Å². The molecule has 1 atom stereocenters. The minimum absolute atomic E-state index is 0.0369. The van der Waals surface area contributed by atoms with Crippen molar-refractivity contribution < 1.29 is 14.3 Å². The van der Waals surface area contributed by atoms with Gasteiger partial charge in [-0.2, -0.15) is 0 Å². The number of halogens is 2. The number of aromatic amines is 1. The van der Waals surface area contributed by atoms with Crippen molar-refractivity contribution in [3.8, 4) is 11.3 Å². The lowest BCUT2D eigenvalue weighted by molar-refractivity contribution is -0.142. The van der Waals surface area contributed by atoms with Crippen LogP contribution in [0.5, 0.6) is 0 Å². The molecule has 0 radical (unpaired) electrons. The summed E-state index contributed by atoms with van der Waals surface area (Å²) >= 11 is 12.4. The number of imidazole rings is 1. The number of piperidine rings is 3. The summed E-state index contributed by atoms with van der Waals surface area (Å²) < 4.78 is 7.72. The van der Waals surface area contributed by atoms with Gasteiger partial charge >= 0.3 is 11.8 Å². The van der Waals surface area contributed by atoms with Gasteiger partial charge in [-0.25, -0.2) is 9.59 Å². The van der Waals surface area contributed by atoms with Crippen molar-refractivity contribution in [3.63, 3.8) is 0 Å². The number of carbonyl (C=O) groups is 2. The van der Waals surface area contributed by atoms with E-state index in [9.17, 15) is 14.4 Å². The summed E-state index contributed by atoms with van der Waals surface area (Å²) in [6.07, 6.45) is 6.15. The molecule has 0 spiro atoms. The van der Waals surface area contributed by atoms with Gasteiger partial charge in [0.25, 0.3) is 5.91 Å². The Labute approximate surface area is 273 Å². The Bertz CT molecular complexity index is 1520. The van der Waals surface area contributed by atoms with Crippen LogP contribution >= 0.6 is 23.2 Å². The normalized spacial score (nSPS) is 19.4. The number of amides is 2. The van der Waals surface area contributed by atoms with Crippen LogP contribution in [-0.4, -0.2) is 76.7 Å². The zero-order valence-corrected chi connectivity index (χ0v) is 26.9. The van der Waals surface area contributed by atoms with Gasteiger partial charge in [0.05, 0.1) is 15.7 Å².